The van der Waals surface area contributed by atoms with Crippen LogP contribution in [0.3, 0.4) is 0 Å². The average Bonchev–Trinajstić information content (AvgIpc) is 2.26. The number of nitrogens with zero attached hydrogens (tertiary/aromatic N) is 5. The Balaban J connectivity index is 3.04. The SMILES string of the molecule is CN(C)c1nc(NN)nc(N(C)CC(C)(C)C)n1. The highest BCUT2D eigenvalue weighted by atomic mass is 15.4. The fraction of sp³-hybridized carbons (Fsp3) is 0.727. The minimum atomic E-state index is 0.163. The number of hydrogen-bond donors (Lipinski definition) is 2. The zero-order valence-corrected chi connectivity index (χ0v) is 12.0. The summed E-state index contributed by atoms with van der Waals surface area (Å²) in [6.07, 6.45) is 0. The van der Waals surface area contributed by atoms with E-state index in [1.807, 2.05) is 30.9 Å². The van der Waals surface area contributed by atoms with Crippen molar-refractivity contribution in [3.05, 3.63) is 0 Å². The number of nitrogen functional groups attached to an aromatic ring is 1. The molecule has 0 aliphatic heterocycles. The van der Waals surface area contributed by atoms with Gasteiger partial charge in [-0.05, 0) is 5.41 Å². The van der Waals surface area contributed by atoms with Crippen LogP contribution in [0, 0.1) is 5.41 Å². The first-order valence-corrected chi connectivity index (χ1v) is 5.84. The molecule has 0 fully saturated rings. The van der Waals surface area contributed by atoms with Gasteiger partial charge in [0.1, 0.15) is 0 Å². The third-order valence-corrected chi connectivity index (χ3v) is 2.19. The molecule has 0 aliphatic carbocycles. The largest absolute Gasteiger partial charge is 0.347 e. The maximum absolute atomic E-state index is 5.38. The van der Waals surface area contributed by atoms with Gasteiger partial charge in [0.05, 0.1) is 0 Å². The molecule has 7 heteroatoms. The van der Waals surface area contributed by atoms with Gasteiger partial charge in [-0.25, -0.2) is 5.84 Å². The summed E-state index contributed by atoms with van der Waals surface area (Å²) in [4.78, 5) is 16.6. The van der Waals surface area contributed by atoms with Gasteiger partial charge in [-0.15, -0.1) is 0 Å². The molecule has 1 heterocycles. The highest BCUT2D eigenvalue weighted by Crippen LogP contribution is 2.19. The van der Waals surface area contributed by atoms with Gasteiger partial charge < -0.3 is 9.80 Å². The number of rotatable bonds is 4. The van der Waals surface area contributed by atoms with E-state index in [2.05, 4.69) is 41.1 Å². The van der Waals surface area contributed by atoms with Crippen molar-refractivity contribution >= 4 is 17.8 Å². The van der Waals surface area contributed by atoms with Crippen LogP contribution in [-0.4, -0.2) is 42.6 Å². The van der Waals surface area contributed by atoms with Crippen molar-refractivity contribution in [3.63, 3.8) is 0 Å². The predicted molar refractivity (Wildman–Crippen MR) is 74.7 cm³/mol. The van der Waals surface area contributed by atoms with Crippen molar-refractivity contribution in [2.24, 2.45) is 11.3 Å². The second-order valence-electron chi connectivity index (χ2n) is 5.71. The summed E-state index contributed by atoms with van der Waals surface area (Å²) in [5.74, 6) is 6.93. The molecule has 1 rings (SSSR count). The molecule has 18 heavy (non-hydrogen) atoms. The normalized spacial score (nSPS) is 11.3. The third-order valence-electron chi connectivity index (χ3n) is 2.19. The molecule has 1 aromatic rings. The first-order valence-electron chi connectivity index (χ1n) is 5.84. The molecule has 7 nitrogen and oxygen atoms in total. The summed E-state index contributed by atoms with van der Waals surface area (Å²) in [7, 11) is 5.71. The Hall–Kier alpha value is -1.63. The van der Waals surface area contributed by atoms with Crippen LogP contribution in [0.5, 0.6) is 0 Å². The summed E-state index contributed by atoms with van der Waals surface area (Å²) in [6, 6.07) is 0. The second kappa shape index (κ2) is 5.34. The minimum Gasteiger partial charge on any atom is -0.347 e. The smallest absolute Gasteiger partial charge is 0.243 e. The van der Waals surface area contributed by atoms with E-state index >= 15 is 0 Å². The van der Waals surface area contributed by atoms with Crippen LogP contribution in [0.1, 0.15) is 20.8 Å². The molecule has 0 unspecified atom stereocenters. The van der Waals surface area contributed by atoms with Gasteiger partial charge in [0.2, 0.25) is 17.8 Å². The molecule has 0 bridgehead atoms. The lowest BCUT2D eigenvalue weighted by Crippen LogP contribution is -2.31. The van der Waals surface area contributed by atoms with Crippen molar-refractivity contribution < 1.29 is 0 Å². The van der Waals surface area contributed by atoms with Crippen LogP contribution >= 0.6 is 0 Å². The minimum absolute atomic E-state index is 0.163. The molecule has 3 N–H and O–H groups in total. The standard InChI is InChI=1S/C11H23N7/c1-11(2,3)7-18(6)10-14-8(16-12)13-9(15-10)17(4)5/h7,12H2,1-6H3,(H,13,14,15,16). The average molecular weight is 253 g/mol. The summed E-state index contributed by atoms with van der Waals surface area (Å²) >= 11 is 0. The van der Waals surface area contributed by atoms with E-state index in [0.717, 1.165) is 6.54 Å². The van der Waals surface area contributed by atoms with Crippen molar-refractivity contribution in [2.75, 3.05) is 42.9 Å². The van der Waals surface area contributed by atoms with Gasteiger partial charge in [-0.2, -0.15) is 15.0 Å². The molecule has 0 saturated carbocycles. The Bertz CT molecular complexity index is 397. The topological polar surface area (TPSA) is 83.2 Å². The number of aromatic nitrogens is 3. The fourth-order valence-corrected chi connectivity index (χ4v) is 1.57. The maximum atomic E-state index is 5.38. The zero-order valence-electron chi connectivity index (χ0n) is 12.0. The molecular formula is C11H23N7. The number of nitrogens with one attached hydrogen (secondary N) is 1. The van der Waals surface area contributed by atoms with Gasteiger partial charge in [0, 0.05) is 27.7 Å². The molecule has 0 atom stereocenters. The van der Waals surface area contributed by atoms with E-state index in [4.69, 9.17) is 5.84 Å². The second-order valence-corrected chi connectivity index (χ2v) is 5.71. The van der Waals surface area contributed by atoms with Gasteiger partial charge in [-0.3, -0.25) is 5.43 Å². The predicted octanol–water partition coefficient (Wildman–Crippen LogP) is 0.705. The first-order chi connectivity index (χ1) is 8.23. The summed E-state index contributed by atoms with van der Waals surface area (Å²) in [6.45, 7) is 7.34. The van der Waals surface area contributed by atoms with Gasteiger partial charge >= 0.3 is 0 Å². The van der Waals surface area contributed by atoms with Crippen LogP contribution in [0.2, 0.25) is 0 Å². The lowest BCUT2D eigenvalue weighted by Gasteiger charge is -2.27. The van der Waals surface area contributed by atoms with Gasteiger partial charge in [0.25, 0.3) is 0 Å². The fourth-order valence-electron chi connectivity index (χ4n) is 1.57. The van der Waals surface area contributed by atoms with Crippen LogP contribution in [0.15, 0.2) is 0 Å². The van der Waals surface area contributed by atoms with Crippen molar-refractivity contribution in [2.45, 2.75) is 20.8 Å². The Morgan fingerprint density at radius 2 is 1.61 bits per heavy atom. The monoisotopic (exact) mass is 253 g/mol. The zero-order chi connectivity index (χ0) is 13.9. The van der Waals surface area contributed by atoms with E-state index in [0.29, 0.717) is 17.8 Å². The highest BCUT2D eigenvalue weighted by Gasteiger charge is 2.17. The van der Waals surface area contributed by atoms with Crippen LogP contribution in [-0.2, 0) is 0 Å². The molecule has 0 saturated heterocycles. The number of anilines is 3. The van der Waals surface area contributed by atoms with Crippen molar-refractivity contribution in [1.82, 2.24) is 15.0 Å². The van der Waals surface area contributed by atoms with Crippen molar-refractivity contribution in [1.29, 1.82) is 0 Å². The van der Waals surface area contributed by atoms with Crippen LogP contribution in [0.25, 0.3) is 0 Å². The maximum Gasteiger partial charge on any atom is 0.243 e. The molecule has 0 spiro atoms. The molecule has 1 aromatic heterocycles. The third kappa shape index (κ3) is 3.99. The van der Waals surface area contributed by atoms with Gasteiger partial charge in [0.15, 0.2) is 0 Å². The number of hydrazine groups is 1. The van der Waals surface area contributed by atoms with Crippen molar-refractivity contribution in [3.8, 4) is 0 Å². The Kier molecular flexibility index (Phi) is 4.28. The molecule has 0 amide bonds. The molecule has 102 valence electrons. The number of hydrogen-bond acceptors (Lipinski definition) is 7. The summed E-state index contributed by atoms with van der Waals surface area (Å²) < 4.78 is 0. The Labute approximate surface area is 108 Å². The first kappa shape index (κ1) is 14.4. The molecule has 0 aliphatic rings. The lowest BCUT2D eigenvalue weighted by molar-refractivity contribution is 0.416. The molecule has 0 radical (unpaired) electrons. The van der Waals surface area contributed by atoms with E-state index < -0.39 is 0 Å². The van der Waals surface area contributed by atoms with Crippen LogP contribution in [0.4, 0.5) is 17.8 Å². The van der Waals surface area contributed by atoms with E-state index in [9.17, 15) is 0 Å². The Morgan fingerprint density at radius 1 is 1.06 bits per heavy atom. The van der Waals surface area contributed by atoms with E-state index in [1.165, 1.54) is 0 Å². The summed E-state index contributed by atoms with van der Waals surface area (Å²) in [5, 5.41) is 0. The lowest BCUT2D eigenvalue weighted by atomic mass is 9.96. The Morgan fingerprint density at radius 3 is 2.06 bits per heavy atom. The van der Waals surface area contributed by atoms with Crippen LogP contribution < -0.4 is 21.1 Å². The quantitative estimate of drug-likeness (QED) is 0.604. The molecular weight excluding hydrogens is 230 g/mol. The molecule has 0 aromatic carbocycles. The highest BCUT2D eigenvalue weighted by molar-refractivity contribution is 5.43. The van der Waals surface area contributed by atoms with Gasteiger partial charge in [-0.1, -0.05) is 20.8 Å². The summed E-state index contributed by atoms with van der Waals surface area (Å²) in [5.41, 5.74) is 2.63. The van der Waals surface area contributed by atoms with E-state index in [1.54, 1.807) is 0 Å². The van der Waals surface area contributed by atoms with E-state index in [-0.39, 0.29) is 5.41 Å². The number of nitrogens with two attached hydrogens (primary N) is 1.